The van der Waals surface area contributed by atoms with Gasteiger partial charge in [0, 0.05) is 23.3 Å². The van der Waals surface area contributed by atoms with E-state index in [0.717, 1.165) is 47.0 Å². The SMILES string of the molecule is Cc1ccc2nc(C)c3c(c2c1)CC[C@]1(C[C@H]2C(=O)N[C@]4(C(=O)O)C[C@H]4/C=C\CCCCC[C@H](NC(=O)OC(C)(C)C)C(=O)N2C1)O3. The van der Waals surface area contributed by atoms with Gasteiger partial charge >= 0.3 is 12.1 Å². The number of carbonyl (C=O) groups excluding carboxylic acids is 3. The van der Waals surface area contributed by atoms with Crippen LogP contribution in [-0.2, 0) is 25.5 Å². The van der Waals surface area contributed by atoms with Crippen molar-refractivity contribution in [3.63, 3.8) is 0 Å². The van der Waals surface area contributed by atoms with Crippen LogP contribution in [0.2, 0.25) is 0 Å². The first-order chi connectivity index (χ1) is 22.2. The molecule has 6 rings (SSSR count). The number of aliphatic carboxylic acids is 1. The Labute approximate surface area is 275 Å². The van der Waals surface area contributed by atoms with E-state index in [1.54, 1.807) is 20.8 Å². The number of fused-ring (bicyclic) bond motifs is 5. The number of hydrogen-bond donors (Lipinski definition) is 3. The maximum Gasteiger partial charge on any atom is 0.408 e. The maximum absolute atomic E-state index is 14.4. The average molecular weight is 647 g/mol. The molecule has 5 atom stereocenters. The van der Waals surface area contributed by atoms with Crippen molar-refractivity contribution in [2.24, 2.45) is 5.92 Å². The molecule has 11 nitrogen and oxygen atoms in total. The van der Waals surface area contributed by atoms with Crippen LogP contribution in [0, 0.1) is 19.8 Å². The molecule has 47 heavy (non-hydrogen) atoms. The van der Waals surface area contributed by atoms with Gasteiger partial charge in [0.25, 0.3) is 0 Å². The van der Waals surface area contributed by atoms with Gasteiger partial charge in [-0.1, -0.05) is 36.6 Å². The fourth-order valence-corrected chi connectivity index (χ4v) is 7.46. The van der Waals surface area contributed by atoms with Gasteiger partial charge in [0.2, 0.25) is 11.8 Å². The zero-order chi connectivity index (χ0) is 33.7. The molecule has 1 aliphatic carbocycles. The lowest BCUT2D eigenvalue weighted by Gasteiger charge is -2.37. The van der Waals surface area contributed by atoms with Crippen LogP contribution in [0.5, 0.6) is 5.75 Å². The highest BCUT2D eigenvalue weighted by atomic mass is 16.6. The second-order valence-corrected chi connectivity index (χ2v) is 14.8. The lowest BCUT2D eigenvalue weighted by molar-refractivity contribution is -0.145. The third-order valence-corrected chi connectivity index (χ3v) is 9.97. The number of nitrogens with zero attached hydrogens (tertiary/aromatic N) is 2. The molecule has 2 fully saturated rings. The van der Waals surface area contributed by atoms with E-state index in [4.69, 9.17) is 14.5 Å². The first-order valence-corrected chi connectivity index (χ1v) is 16.8. The molecule has 1 spiro atoms. The molecule has 1 saturated carbocycles. The zero-order valence-corrected chi connectivity index (χ0v) is 28.0. The van der Waals surface area contributed by atoms with E-state index in [-0.39, 0.29) is 18.9 Å². The van der Waals surface area contributed by atoms with Gasteiger partial charge < -0.3 is 30.1 Å². The highest BCUT2D eigenvalue weighted by molar-refractivity contribution is 5.96. The summed E-state index contributed by atoms with van der Waals surface area (Å²) < 4.78 is 12.3. The van der Waals surface area contributed by atoms with Gasteiger partial charge in [-0.25, -0.2) is 14.6 Å². The van der Waals surface area contributed by atoms with Crippen LogP contribution in [0.3, 0.4) is 0 Å². The van der Waals surface area contributed by atoms with Gasteiger partial charge in [0.15, 0.2) is 0 Å². The number of alkyl carbamates (subject to hydrolysis) is 1. The number of benzene rings is 1. The van der Waals surface area contributed by atoms with Crippen molar-refractivity contribution in [3.8, 4) is 5.75 Å². The predicted octanol–water partition coefficient (Wildman–Crippen LogP) is 4.89. The summed E-state index contributed by atoms with van der Waals surface area (Å²) in [5.41, 5.74) is 0.733. The molecule has 0 radical (unpaired) electrons. The molecule has 0 bridgehead atoms. The van der Waals surface area contributed by atoms with Crippen molar-refractivity contribution in [2.75, 3.05) is 6.54 Å². The summed E-state index contributed by atoms with van der Waals surface area (Å²) in [6, 6.07) is 4.23. The molecular formula is C36H46N4O7. The van der Waals surface area contributed by atoms with Gasteiger partial charge in [-0.3, -0.25) is 9.59 Å². The average Bonchev–Trinajstić information content (AvgIpc) is 3.57. The molecule has 1 saturated heterocycles. The van der Waals surface area contributed by atoms with E-state index in [0.29, 0.717) is 37.9 Å². The van der Waals surface area contributed by atoms with Crippen molar-refractivity contribution in [2.45, 2.75) is 121 Å². The molecule has 11 heteroatoms. The Bertz CT molecular complexity index is 1650. The maximum atomic E-state index is 14.4. The molecule has 4 heterocycles. The Balaban J connectivity index is 1.35. The summed E-state index contributed by atoms with van der Waals surface area (Å²) >= 11 is 0. The smallest absolute Gasteiger partial charge is 0.408 e. The van der Waals surface area contributed by atoms with E-state index in [9.17, 15) is 24.3 Å². The first kappa shape index (κ1) is 32.8. The number of carboxylic acids is 1. The van der Waals surface area contributed by atoms with Gasteiger partial charge in [-0.15, -0.1) is 0 Å². The topological polar surface area (TPSA) is 147 Å². The third kappa shape index (κ3) is 6.53. The van der Waals surface area contributed by atoms with Gasteiger partial charge in [-0.05, 0) is 85.3 Å². The van der Waals surface area contributed by atoms with Gasteiger partial charge in [-0.2, -0.15) is 0 Å². The number of hydrogen-bond acceptors (Lipinski definition) is 7. The molecule has 2 aromatic rings. The second-order valence-electron chi connectivity index (χ2n) is 14.8. The number of allylic oxidation sites excluding steroid dienone is 1. The highest BCUT2D eigenvalue weighted by Crippen LogP contribution is 2.47. The summed E-state index contributed by atoms with van der Waals surface area (Å²) in [6.45, 7) is 9.32. The summed E-state index contributed by atoms with van der Waals surface area (Å²) in [7, 11) is 0. The lowest BCUT2D eigenvalue weighted by atomic mass is 9.87. The minimum Gasteiger partial charge on any atom is -0.483 e. The summed E-state index contributed by atoms with van der Waals surface area (Å²) in [4.78, 5) is 60.3. The van der Waals surface area contributed by atoms with Gasteiger partial charge in [0.1, 0.15) is 34.6 Å². The normalized spacial score (nSPS) is 30.1. The Kier molecular flexibility index (Phi) is 8.47. The monoisotopic (exact) mass is 646 g/mol. The van der Waals surface area contributed by atoms with Crippen molar-refractivity contribution < 1.29 is 33.8 Å². The number of aromatic nitrogens is 1. The van der Waals surface area contributed by atoms with E-state index in [1.165, 1.54) is 4.90 Å². The lowest BCUT2D eigenvalue weighted by Crippen LogP contribution is -2.56. The van der Waals surface area contributed by atoms with E-state index >= 15 is 0 Å². The van der Waals surface area contributed by atoms with Crippen molar-refractivity contribution in [3.05, 3.63) is 47.2 Å². The summed E-state index contributed by atoms with van der Waals surface area (Å²) in [5, 5.41) is 16.8. The van der Waals surface area contributed by atoms with Gasteiger partial charge in [0.05, 0.1) is 17.8 Å². The Morgan fingerprint density at radius 3 is 2.68 bits per heavy atom. The second kappa shape index (κ2) is 12.1. The highest BCUT2D eigenvalue weighted by Gasteiger charge is 2.62. The standard InChI is InChI=1S/C36H46N4O7/c1-21-13-14-26-25(17-21)24-15-16-35(46-29(24)22(2)37-26)19-28-30(41)39-36(32(43)44)18-23(36)11-9-7-6-8-10-12-27(31(42)40(28)20-35)38-33(45)47-34(3,4)5/h9,11,13-14,17,23,27-28H,6-8,10,12,15-16,18-20H2,1-5H3,(H,38,45)(H,39,41)(H,43,44)/b11-9-/t23-,27+,28+,35-,36-/m1/s1. The number of ether oxygens (including phenoxy) is 2. The van der Waals surface area contributed by atoms with Crippen LogP contribution in [-0.4, -0.2) is 74.2 Å². The number of nitrogens with one attached hydrogen (secondary N) is 2. The number of rotatable bonds is 2. The number of pyridine rings is 1. The fraction of sp³-hybridized carbons (Fsp3) is 0.583. The molecule has 4 aliphatic rings. The fourth-order valence-electron chi connectivity index (χ4n) is 7.46. The molecular weight excluding hydrogens is 600 g/mol. The number of carbonyl (C=O) groups is 4. The Hall–Kier alpha value is -4.15. The van der Waals surface area contributed by atoms with Crippen molar-refractivity contribution in [1.29, 1.82) is 0 Å². The number of amides is 3. The number of aryl methyl sites for hydroxylation is 3. The molecule has 3 amide bonds. The number of carboxylic acid groups (broad SMARTS) is 1. The van der Waals surface area contributed by atoms with E-state index < -0.39 is 52.7 Å². The minimum atomic E-state index is -1.41. The quantitative estimate of drug-likeness (QED) is 0.391. The van der Waals surface area contributed by atoms with Crippen LogP contribution in [0.4, 0.5) is 4.79 Å². The van der Waals surface area contributed by atoms with Crippen LogP contribution in [0.15, 0.2) is 30.4 Å². The Morgan fingerprint density at radius 1 is 1.15 bits per heavy atom. The van der Waals surface area contributed by atoms with E-state index in [2.05, 4.69) is 16.7 Å². The Morgan fingerprint density at radius 2 is 1.94 bits per heavy atom. The molecule has 1 aromatic carbocycles. The third-order valence-electron chi connectivity index (χ3n) is 9.97. The van der Waals surface area contributed by atoms with Crippen LogP contribution in [0.1, 0.15) is 89.0 Å². The molecule has 1 aromatic heterocycles. The van der Waals surface area contributed by atoms with Crippen LogP contribution in [0.25, 0.3) is 10.9 Å². The molecule has 0 unspecified atom stereocenters. The largest absolute Gasteiger partial charge is 0.483 e. The summed E-state index contributed by atoms with van der Waals surface area (Å²) in [6.07, 6.45) is 8.36. The van der Waals surface area contributed by atoms with Crippen molar-refractivity contribution >= 4 is 34.8 Å². The van der Waals surface area contributed by atoms with E-state index in [1.807, 2.05) is 38.1 Å². The summed E-state index contributed by atoms with van der Waals surface area (Å²) in [5.74, 6) is -1.68. The minimum absolute atomic E-state index is 0.116. The van der Waals surface area contributed by atoms with Crippen molar-refractivity contribution in [1.82, 2.24) is 20.5 Å². The van der Waals surface area contributed by atoms with Crippen LogP contribution >= 0.6 is 0 Å². The van der Waals surface area contributed by atoms with Crippen LogP contribution < -0.4 is 15.4 Å². The predicted molar refractivity (Wildman–Crippen MR) is 175 cm³/mol. The molecule has 3 N–H and O–H groups in total. The zero-order valence-electron chi connectivity index (χ0n) is 28.0. The first-order valence-electron chi connectivity index (χ1n) is 16.8. The molecule has 3 aliphatic heterocycles. The molecule has 252 valence electrons.